The second-order valence-corrected chi connectivity index (χ2v) is 9.20. The lowest BCUT2D eigenvalue weighted by Crippen LogP contribution is -2.31. The Morgan fingerprint density at radius 3 is 2.50 bits per heavy atom. The molecule has 0 amide bonds. The Morgan fingerprint density at radius 2 is 1.72 bits per heavy atom. The van der Waals surface area contributed by atoms with Crippen LogP contribution in [0.25, 0.3) is 17.1 Å². The number of aromatic nitrogens is 5. The van der Waals surface area contributed by atoms with Crippen LogP contribution in [0.1, 0.15) is 25.2 Å². The van der Waals surface area contributed by atoms with Crippen molar-refractivity contribution in [3.8, 4) is 17.1 Å². The van der Waals surface area contributed by atoms with Crippen molar-refractivity contribution in [2.24, 2.45) is 0 Å². The molecule has 7 nitrogen and oxygen atoms in total. The zero-order valence-corrected chi connectivity index (χ0v) is 19.4. The number of hydrogen-bond acceptors (Lipinski definition) is 7. The monoisotopic (exact) mass is 486 g/mol. The van der Waals surface area contributed by atoms with Gasteiger partial charge in [0.25, 0.3) is 0 Å². The predicted octanol–water partition coefficient (Wildman–Crippen LogP) is 5.91. The summed E-state index contributed by atoms with van der Waals surface area (Å²) < 4.78 is 7.94. The normalized spacial score (nSPS) is 14.1. The molecule has 1 fully saturated rings. The van der Waals surface area contributed by atoms with Gasteiger partial charge in [0.2, 0.25) is 17.7 Å². The summed E-state index contributed by atoms with van der Waals surface area (Å²) in [7, 11) is 0. The molecular weight excluding hydrogens is 467 g/mol. The van der Waals surface area contributed by atoms with Crippen LogP contribution < -0.4 is 4.90 Å². The molecule has 0 spiro atoms. The van der Waals surface area contributed by atoms with Crippen molar-refractivity contribution >= 4 is 40.9 Å². The van der Waals surface area contributed by atoms with Crippen LogP contribution in [-0.2, 0) is 5.75 Å². The highest BCUT2D eigenvalue weighted by Crippen LogP contribution is 2.32. The maximum absolute atomic E-state index is 6.27. The molecule has 0 bridgehead atoms. The smallest absolute Gasteiger partial charge is 0.249 e. The fourth-order valence-electron chi connectivity index (χ4n) is 3.67. The van der Waals surface area contributed by atoms with E-state index in [0.29, 0.717) is 33.1 Å². The molecule has 4 aromatic rings. The number of benzene rings is 2. The molecule has 1 aliphatic rings. The molecule has 5 rings (SSSR count). The van der Waals surface area contributed by atoms with Crippen LogP contribution in [0.4, 0.5) is 5.95 Å². The zero-order chi connectivity index (χ0) is 21.9. The van der Waals surface area contributed by atoms with Gasteiger partial charge in [0.05, 0.1) is 22.0 Å². The van der Waals surface area contributed by atoms with Gasteiger partial charge in [-0.3, -0.25) is 4.57 Å². The van der Waals surface area contributed by atoms with Crippen molar-refractivity contribution in [2.75, 3.05) is 18.0 Å². The Labute approximate surface area is 199 Å². The third-order valence-corrected chi connectivity index (χ3v) is 6.68. The average molecular weight is 487 g/mol. The predicted molar refractivity (Wildman–Crippen MR) is 127 cm³/mol. The number of hydrogen-bond donors (Lipinski definition) is 0. The van der Waals surface area contributed by atoms with Gasteiger partial charge in [-0.1, -0.05) is 53.2 Å². The number of rotatable bonds is 6. The number of thioether (sulfide) groups is 1. The summed E-state index contributed by atoms with van der Waals surface area (Å²) >= 11 is 13.8. The van der Waals surface area contributed by atoms with Gasteiger partial charge < -0.3 is 9.32 Å². The molecule has 32 heavy (non-hydrogen) atoms. The molecule has 0 saturated carbocycles. The number of piperidine rings is 1. The minimum atomic E-state index is 0.362. The minimum Gasteiger partial charge on any atom is -0.420 e. The van der Waals surface area contributed by atoms with Crippen LogP contribution in [0.2, 0.25) is 10.0 Å². The lowest BCUT2D eigenvalue weighted by atomic mass is 10.1. The molecule has 0 N–H and O–H groups in total. The SMILES string of the molecule is Clc1ccc(-c2nnc(CSc3nnc(N4CCCCC4)n3-c3ccccc3)o2)c(Cl)c1. The molecule has 1 saturated heterocycles. The zero-order valence-electron chi connectivity index (χ0n) is 17.1. The van der Waals surface area contributed by atoms with Crippen molar-refractivity contribution in [1.82, 2.24) is 25.0 Å². The van der Waals surface area contributed by atoms with Crippen molar-refractivity contribution in [3.05, 3.63) is 64.5 Å². The van der Waals surface area contributed by atoms with Gasteiger partial charge in [-0.2, -0.15) is 0 Å². The molecule has 10 heteroatoms. The first-order valence-corrected chi connectivity index (χ1v) is 12.1. The summed E-state index contributed by atoms with van der Waals surface area (Å²) in [6.07, 6.45) is 3.60. The summed E-state index contributed by atoms with van der Waals surface area (Å²) in [6, 6.07) is 15.3. The van der Waals surface area contributed by atoms with E-state index in [1.165, 1.54) is 31.0 Å². The fourth-order valence-corrected chi connectivity index (χ4v) is 4.94. The van der Waals surface area contributed by atoms with Crippen molar-refractivity contribution in [1.29, 1.82) is 0 Å². The standard InChI is InChI=1S/C22H20Cl2N6OS/c23-15-9-10-17(18(24)13-15)20-26-25-19(31-20)14-32-22-28-27-21(29-11-5-2-6-12-29)30(22)16-7-3-1-4-8-16/h1,3-4,7-10,13H,2,5-6,11-12,14H2. The fraction of sp³-hybridized carbons (Fsp3) is 0.273. The quantitative estimate of drug-likeness (QED) is 0.313. The Kier molecular flexibility index (Phi) is 6.34. The Balaban J connectivity index is 1.39. The highest BCUT2D eigenvalue weighted by atomic mass is 35.5. The van der Waals surface area contributed by atoms with Crippen LogP contribution >= 0.6 is 35.0 Å². The van der Waals surface area contributed by atoms with E-state index < -0.39 is 0 Å². The Hall–Kier alpha value is -2.55. The largest absolute Gasteiger partial charge is 0.420 e. The number of para-hydroxylation sites is 1. The summed E-state index contributed by atoms with van der Waals surface area (Å²) in [5.74, 6) is 2.18. The summed E-state index contributed by atoms with van der Waals surface area (Å²) in [5, 5.41) is 19.1. The summed E-state index contributed by atoms with van der Waals surface area (Å²) in [6.45, 7) is 1.98. The van der Waals surface area contributed by atoms with E-state index >= 15 is 0 Å². The molecule has 164 valence electrons. The first-order chi connectivity index (χ1) is 15.7. The van der Waals surface area contributed by atoms with Crippen molar-refractivity contribution in [2.45, 2.75) is 30.2 Å². The van der Waals surface area contributed by atoms with Crippen molar-refractivity contribution in [3.63, 3.8) is 0 Å². The maximum atomic E-state index is 6.27. The van der Waals surface area contributed by atoms with Gasteiger partial charge in [0, 0.05) is 18.1 Å². The van der Waals surface area contributed by atoms with E-state index in [1.807, 2.05) is 18.2 Å². The van der Waals surface area contributed by atoms with Crippen molar-refractivity contribution < 1.29 is 4.42 Å². The Morgan fingerprint density at radius 1 is 0.906 bits per heavy atom. The van der Waals surface area contributed by atoms with Gasteiger partial charge in [-0.15, -0.1) is 20.4 Å². The molecule has 0 unspecified atom stereocenters. The maximum Gasteiger partial charge on any atom is 0.249 e. The molecule has 0 radical (unpaired) electrons. The molecule has 0 atom stereocenters. The lowest BCUT2D eigenvalue weighted by molar-refractivity contribution is 0.528. The van der Waals surface area contributed by atoms with E-state index in [4.69, 9.17) is 27.6 Å². The highest BCUT2D eigenvalue weighted by molar-refractivity contribution is 7.98. The number of halogens is 2. The molecule has 2 aromatic heterocycles. The van der Waals surface area contributed by atoms with Crippen LogP contribution in [0, 0.1) is 0 Å². The van der Waals surface area contributed by atoms with Crippen LogP contribution in [-0.4, -0.2) is 38.1 Å². The second-order valence-electron chi connectivity index (χ2n) is 7.42. The first-order valence-electron chi connectivity index (χ1n) is 10.4. The molecule has 1 aliphatic heterocycles. The van der Waals surface area contributed by atoms with E-state index in [9.17, 15) is 0 Å². The average Bonchev–Trinajstić information content (AvgIpc) is 3.46. The van der Waals surface area contributed by atoms with Gasteiger partial charge >= 0.3 is 0 Å². The molecule has 0 aliphatic carbocycles. The topological polar surface area (TPSA) is 72.9 Å². The van der Waals surface area contributed by atoms with E-state index in [1.54, 1.807) is 18.2 Å². The van der Waals surface area contributed by atoms with Crippen LogP contribution in [0.15, 0.2) is 58.1 Å². The summed E-state index contributed by atoms with van der Waals surface area (Å²) in [4.78, 5) is 2.31. The molecular formula is C22H20Cl2N6OS. The molecule has 3 heterocycles. The second kappa shape index (κ2) is 9.52. The Bertz CT molecular complexity index is 1210. The van der Waals surface area contributed by atoms with E-state index in [2.05, 4.69) is 42.0 Å². The third-order valence-electron chi connectivity index (χ3n) is 5.22. The lowest BCUT2D eigenvalue weighted by Gasteiger charge is -2.27. The van der Waals surface area contributed by atoms with Gasteiger partial charge in [0.15, 0.2) is 5.16 Å². The van der Waals surface area contributed by atoms with E-state index in [-0.39, 0.29) is 0 Å². The first kappa shape index (κ1) is 21.3. The minimum absolute atomic E-state index is 0.362. The van der Waals surface area contributed by atoms with Gasteiger partial charge in [-0.25, -0.2) is 0 Å². The third kappa shape index (κ3) is 4.48. The highest BCUT2D eigenvalue weighted by Gasteiger charge is 2.22. The summed E-state index contributed by atoms with van der Waals surface area (Å²) in [5.41, 5.74) is 1.68. The van der Waals surface area contributed by atoms with E-state index in [0.717, 1.165) is 29.9 Å². The number of anilines is 1. The van der Waals surface area contributed by atoms with Crippen LogP contribution in [0.3, 0.4) is 0 Å². The number of nitrogens with zero attached hydrogens (tertiary/aromatic N) is 6. The van der Waals surface area contributed by atoms with Crippen LogP contribution in [0.5, 0.6) is 0 Å². The van der Waals surface area contributed by atoms with Gasteiger partial charge in [-0.05, 0) is 49.6 Å². The van der Waals surface area contributed by atoms with Gasteiger partial charge in [0.1, 0.15) is 0 Å². The molecule has 2 aromatic carbocycles.